The Morgan fingerprint density at radius 2 is 2.11 bits per heavy atom. The molecule has 0 aromatic carbocycles. The number of nitrogens with zero attached hydrogens (tertiary/aromatic N) is 1. The van der Waals surface area contributed by atoms with Crippen LogP contribution in [0, 0.1) is 5.41 Å². The molecule has 2 heterocycles. The van der Waals surface area contributed by atoms with Crippen molar-refractivity contribution in [3.63, 3.8) is 0 Å². The van der Waals surface area contributed by atoms with E-state index in [1.54, 1.807) is 11.0 Å². The lowest BCUT2D eigenvalue weighted by Crippen LogP contribution is -2.46. The Balaban J connectivity index is 2.02. The molecule has 5 heteroatoms. The van der Waals surface area contributed by atoms with Gasteiger partial charge in [-0.2, -0.15) is 0 Å². The molecule has 0 aliphatic carbocycles. The third-order valence-corrected chi connectivity index (χ3v) is 3.91. The van der Waals surface area contributed by atoms with Gasteiger partial charge in [0.15, 0.2) is 0 Å². The topological polar surface area (TPSA) is 70.8 Å². The lowest BCUT2D eigenvalue weighted by Gasteiger charge is -2.38. The summed E-state index contributed by atoms with van der Waals surface area (Å²) in [5.41, 5.74) is -0.137. The van der Waals surface area contributed by atoms with Crippen molar-refractivity contribution in [3.05, 3.63) is 24.2 Å². The Labute approximate surface area is 105 Å². The number of hydrogen-bond acceptors (Lipinski definition) is 3. The smallest absolute Gasteiger partial charge is 0.309 e. The minimum absolute atomic E-state index is 0.0844. The van der Waals surface area contributed by atoms with Gasteiger partial charge in [0.05, 0.1) is 17.2 Å². The van der Waals surface area contributed by atoms with Crippen LogP contribution in [0.3, 0.4) is 0 Å². The molecule has 1 aromatic rings. The quantitative estimate of drug-likeness (QED) is 0.891. The van der Waals surface area contributed by atoms with E-state index in [1.807, 2.05) is 6.92 Å². The van der Waals surface area contributed by atoms with Gasteiger partial charge in [0.1, 0.15) is 6.26 Å². The van der Waals surface area contributed by atoms with Gasteiger partial charge in [-0.25, -0.2) is 0 Å². The maximum Gasteiger partial charge on any atom is 0.309 e. The van der Waals surface area contributed by atoms with Crippen molar-refractivity contribution in [2.75, 3.05) is 13.1 Å². The normalized spacial score (nSPS) is 18.6. The summed E-state index contributed by atoms with van der Waals surface area (Å²) in [6, 6.07) is 1.63. The lowest BCUT2D eigenvalue weighted by molar-refractivity contribution is -0.152. The molecule has 2 rings (SSSR count). The third-order valence-electron chi connectivity index (χ3n) is 3.91. The summed E-state index contributed by atoms with van der Waals surface area (Å²) in [7, 11) is 0. The van der Waals surface area contributed by atoms with E-state index in [0.717, 1.165) is 0 Å². The van der Waals surface area contributed by atoms with E-state index in [0.29, 0.717) is 37.9 Å². The van der Waals surface area contributed by atoms with Gasteiger partial charge >= 0.3 is 5.97 Å². The van der Waals surface area contributed by atoms with Crippen LogP contribution < -0.4 is 0 Å². The average molecular weight is 251 g/mol. The van der Waals surface area contributed by atoms with Crippen molar-refractivity contribution in [2.24, 2.45) is 5.41 Å². The standard InChI is InChI=1S/C13H17NO4/c1-2-13(12(16)17)4-6-14(7-5-13)11(15)10-3-8-18-9-10/h3,8-9H,2,4-7H2,1H3,(H,16,17). The van der Waals surface area contributed by atoms with Crippen molar-refractivity contribution in [3.8, 4) is 0 Å². The number of aliphatic carboxylic acids is 1. The Hall–Kier alpha value is -1.78. The van der Waals surface area contributed by atoms with Gasteiger partial charge in [0.25, 0.3) is 5.91 Å². The second-order valence-electron chi connectivity index (χ2n) is 4.74. The first-order chi connectivity index (χ1) is 8.59. The molecule has 0 atom stereocenters. The fourth-order valence-electron chi connectivity index (χ4n) is 2.43. The molecule has 1 N–H and O–H groups in total. The highest BCUT2D eigenvalue weighted by Crippen LogP contribution is 2.35. The highest BCUT2D eigenvalue weighted by atomic mass is 16.4. The average Bonchev–Trinajstić information content (AvgIpc) is 2.91. The monoisotopic (exact) mass is 251 g/mol. The van der Waals surface area contributed by atoms with Crippen molar-refractivity contribution in [2.45, 2.75) is 26.2 Å². The number of carboxylic acid groups (broad SMARTS) is 1. The van der Waals surface area contributed by atoms with E-state index in [9.17, 15) is 14.7 Å². The van der Waals surface area contributed by atoms with Gasteiger partial charge < -0.3 is 14.4 Å². The SMILES string of the molecule is CCC1(C(=O)O)CCN(C(=O)c2ccoc2)CC1. The molecule has 0 bridgehead atoms. The molecule has 0 spiro atoms. The predicted octanol–water partition coefficient (Wildman–Crippen LogP) is 2.00. The summed E-state index contributed by atoms with van der Waals surface area (Å²) in [5.74, 6) is -0.834. The third kappa shape index (κ3) is 2.12. The second-order valence-corrected chi connectivity index (χ2v) is 4.74. The van der Waals surface area contributed by atoms with Gasteiger partial charge in [-0.15, -0.1) is 0 Å². The van der Waals surface area contributed by atoms with Crippen molar-refractivity contribution in [1.82, 2.24) is 4.90 Å². The summed E-state index contributed by atoms with van der Waals surface area (Å²) in [6.45, 7) is 2.87. The number of carbonyl (C=O) groups excluding carboxylic acids is 1. The fourth-order valence-corrected chi connectivity index (χ4v) is 2.43. The highest BCUT2D eigenvalue weighted by Gasteiger charge is 2.40. The molecule has 1 aliphatic rings. The van der Waals surface area contributed by atoms with E-state index >= 15 is 0 Å². The summed E-state index contributed by atoms with van der Waals surface area (Å²) >= 11 is 0. The molecule has 1 fully saturated rings. The van der Waals surface area contributed by atoms with Gasteiger partial charge in [-0.05, 0) is 25.3 Å². The Kier molecular flexibility index (Phi) is 3.41. The fraction of sp³-hybridized carbons (Fsp3) is 0.538. The summed E-state index contributed by atoms with van der Waals surface area (Å²) in [6.07, 6.45) is 4.52. The van der Waals surface area contributed by atoms with Gasteiger partial charge in [-0.3, -0.25) is 9.59 Å². The van der Waals surface area contributed by atoms with E-state index in [4.69, 9.17) is 4.42 Å². The van der Waals surface area contributed by atoms with Crippen LogP contribution in [0.15, 0.2) is 23.0 Å². The predicted molar refractivity (Wildman–Crippen MR) is 64.2 cm³/mol. The van der Waals surface area contributed by atoms with Gasteiger partial charge in [0, 0.05) is 13.1 Å². The van der Waals surface area contributed by atoms with Crippen LogP contribution >= 0.6 is 0 Å². The van der Waals surface area contributed by atoms with Crippen LogP contribution in [0.4, 0.5) is 0 Å². The van der Waals surface area contributed by atoms with E-state index in [-0.39, 0.29) is 5.91 Å². The zero-order chi connectivity index (χ0) is 13.2. The molecule has 1 amide bonds. The van der Waals surface area contributed by atoms with Crippen LogP contribution in [-0.2, 0) is 4.79 Å². The van der Waals surface area contributed by atoms with Crippen molar-refractivity contribution < 1.29 is 19.1 Å². The molecule has 5 nitrogen and oxygen atoms in total. The molecule has 98 valence electrons. The number of carboxylic acids is 1. The lowest BCUT2D eigenvalue weighted by atomic mass is 9.76. The van der Waals surface area contributed by atoms with Gasteiger partial charge in [0.2, 0.25) is 0 Å². The Bertz CT molecular complexity index is 430. The number of piperidine rings is 1. The molecule has 0 saturated carbocycles. The first kappa shape index (κ1) is 12.7. The minimum atomic E-state index is -0.750. The first-order valence-corrected chi connectivity index (χ1v) is 6.14. The van der Waals surface area contributed by atoms with E-state index in [1.165, 1.54) is 12.5 Å². The summed E-state index contributed by atoms with van der Waals surface area (Å²) < 4.78 is 4.89. The number of rotatable bonds is 3. The zero-order valence-electron chi connectivity index (χ0n) is 10.4. The summed E-state index contributed by atoms with van der Waals surface area (Å²) in [5, 5.41) is 9.28. The molecule has 0 radical (unpaired) electrons. The molecule has 1 aliphatic heterocycles. The van der Waals surface area contributed by atoms with Crippen LogP contribution in [0.25, 0.3) is 0 Å². The largest absolute Gasteiger partial charge is 0.481 e. The molecule has 18 heavy (non-hydrogen) atoms. The Morgan fingerprint density at radius 3 is 2.56 bits per heavy atom. The van der Waals surface area contributed by atoms with E-state index in [2.05, 4.69) is 0 Å². The van der Waals surface area contributed by atoms with Crippen molar-refractivity contribution in [1.29, 1.82) is 0 Å². The highest BCUT2D eigenvalue weighted by molar-refractivity contribution is 5.94. The maximum atomic E-state index is 12.0. The number of likely N-dealkylation sites (tertiary alicyclic amines) is 1. The van der Waals surface area contributed by atoms with Gasteiger partial charge in [-0.1, -0.05) is 6.92 Å². The summed E-state index contributed by atoms with van der Waals surface area (Å²) in [4.78, 5) is 25.0. The van der Waals surface area contributed by atoms with Crippen LogP contribution in [0.2, 0.25) is 0 Å². The minimum Gasteiger partial charge on any atom is -0.481 e. The first-order valence-electron chi connectivity index (χ1n) is 6.14. The molecular weight excluding hydrogens is 234 g/mol. The van der Waals surface area contributed by atoms with Crippen LogP contribution in [-0.4, -0.2) is 35.0 Å². The number of furan rings is 1. The molecule has 1 aromatic heterocycles. The Morgan fingerprint density at radius 1 is 1.44 bits per heavy atom. The molecule has 1 saturated heterocycles. The molecule has 0 unspecified atom stereocenters. The van der Waals surface area contributed by atoms with E-state index < -0.39 is 11.4 Å². The molecular formula is C13H17NO4. The number of carbonyl (C=O) groups is 2. The number of hydrogen-bond donors (Lipinski definition) is 1. The zero-order valence-corrected chi connectivity index (χ0v) is 10.4. The second kappa shape index (κ2) is 4.84. The van der Waals surface area contributed by atoms with Crippen LogP contribution in [0.1, 0.15) is 36.5 Å². The number of amides is 1. The van der Waals surface area contributed by atoms with Crippen LogP contribution in [0.5, 0.6) is 0 Å². The maximum absolute atomic E-state index is 12.0. The van der Waals surface area contributed by atoms with Crippen molar-refractivity contribution >= 4 is 11.9 Å².